The zero-order valence-electron chi connectivity index (χ0n) is 10.8. The Morgan fingerprint density at radius 3 is 2.50 bits per heavy atom. The van der Waals surface area contributed by atoms with E-state index in [9.17, 15) is 8.42 Å². The Hall–Kier alpha value is -0.860. The number of nitrogens with one attached hydrogen (secondary N) is 2. The van der Waals surface area contributed by atoms with Crippen molar-refractivity contribution in [1.82, 2.24) is 10.2 Å². The topological polar surface area (TPSA) is 74.8 Å². The quantitative estimate of drug-likeness (QED) is 0.785. The molecule has 0 radical (unpaired) electrons. The third-order valence-electron chi connectivity index (χ3n) is 2.64. The maximum atomic E-state index is 12.3. The van der Waals surface area contributed by atoms with Crippen LogP contribution in [0.4, 0.5) is 5.82 Å². The number of benzene rings is 1. The molecule has 1 aromatic heterocycles. The highest BCUT2D eigenvalue weighted by molar-refractivity contribution is 9.11. The normalized spacial score (nSPS) is 11.8. The zero-order valence-corrected chi connectivity index (χ0v) is 14.8. The van der Waals surface area contributed by atoms with E-state index in [0.717, 1.165) is 10.2 Å². The first-order valence-corrected chi connectivity index (χ1v) is 8.89. The third-order valence-corrected chi connectivity index (χ3v) is 5.47. The second-order valence-electron chi connectivity index (χ2n) is 4.54. The van der Waals surface area contributed by atoms with Gasteiger partial charge in [-0.05, 0) is 40.0 Å². The lowest BCUT2D eigenvalue weighted by molar-refractivity contribution is 0.600. The molecule has 0 saturated heterocycles. The number of rotatable bonds is 4. The maximum Gasteiger partial charge on any atom is 0.264 e. The van der Waals surface area contributed by atoms with Crippen LogP contribution < -0.4 is 4.72 Å². The maximum absolute atomic E-state index is 12.3. The van der Waals surface area contributed by atoms with Crippen LogP contribution in [0.25, 0.3) is 0 Å². The summed E-state index contributed by atoms with van der Waals surface area (Å²) in [4.78, 5) is 0.162. The molecule has 20 heavy (non-hydrogen) atoms. The van der Waals surface area contributed by atoms with Crippen LogP contribution in [0.3, 0.4) is 0 Å². The van der Waals surface area contributed by atoms with Crippen molar-refractivity contribution in [1.29, 1.82) is 0 Å². The Bertz CT molecular complexity index is 726. The van der Waals surface area contributed by atoms with Crippen LogP contribution in [0.1, 0.15) is 25.5 Å². The van der Waals surface area contributed by atoms with Crippen LogP contribution in [-0.4, -0.2) is 18.6 Å². The average molecular weight is 423 g/mol. The van der Waals surface area contributed by atoms with Gasteiger partial charge in [-0.1, -0.05) is 29.8 Å². The molecule has 0 atom stereocenters. The van der Waals surface area contributed by atoms with Gasteiger partial charge >= 0.3 is 0 Å². The lowest BCUT2D eigenvalue weighted by atomic mass is 10.1. The fraction of sp³-hybridized carbons (Fsp3) is 0.250. The minimum Gasteiger partial charge on any atom is -0.280 e. The first-order chi connectivity index (χ1) is 9.29. The first-order valence-electron chi connectivity index (χ1n) is 5.83. The van der Waals surface area contributed by atoms with E-state index in [1.165, 1.54) is 6.07 Å². The molecule has 2 aromatic rings. The Morgan fingerprint density at radius 2 is 1.95 bits per heavy atom. The van der Waals surface area contributed by atoms with Gasteiger partial charge in [-0.25, -0.2) is 8.42 Å². The Labute approximate surface area is 134 Å². The highest BCUT2D eigenvalue weighted by atomic mass is 79.9. The van der Waals surface area contributed by atoms with Crippen molar-refractivity contribution in [3.63, 3.8) is 0 Å². The molecule has 0 fully saturated rings. The number of hydrogen-bond acceptors (Lipinski definition) is 3. The van der Waals surface area contributed by atoms with E-state index in [-0.39, 0.29) is 16.6 Å². The van der Waals surface area contributed by atoms with Crippen molar-refractivity contribution in [2.24, 2.45) is 0 Å². The Balaban J connectivity index is 2.30. The second-order valence-corrected chi connectivity index (χ2v) is 7.96. The Morgan fingerprint density at radius 1 is 1.25 bits per heavy atom. The van der Waals surface area contributed by atoms with E-state index in [1.54, 1.807) is 18.2 Å². The van der Waals surface area contributed by atoms with Gasteiger partial charge in [0.25, 0.3) is 10.0 Å². The molecule has 0 unspecified atom stereocenters. The number of sulfonamides is 1. The number of halogens is 2. The molecule has 0 amide bonds. The number of aromatic nitrogens is 2. The largest absolute Gasteiger partial charge is 0.280 e. The van der Waals surface area contributed by atoms with Crippen LogP contribution in [0, 0.1) is 0 Å². The lowest BCUT2D eigenvalue weighted by Gasteiger charge is -2.07. The molecule has 2 rings (SSSR count). The molecule has 1 heterocycles. The Kier molecular flexibility index (Phi) is 4.55. The van der Waals surface area contributed by atoms with Crippen LogP contribution in [0.15, 0.2) is 38.1 Å². The summed E-state index contributed by atoms with van der Waals surface area (Å²) < 4.78 is 28.3. The van der Waals surface area contributed by atoms with Gasteiger partial charge in [-0.3, -0.25) is 9.82 Å². The molecule has 0 aliphatic carbocycles. The van der Waals surface area contributed by atoms with Crippen LogP contribution in [-0.2, 0) is 10.0 Å². The first kappa shape index (κ1) is 15.5. The van der Waals surface area contributed by atoms with E-state index < -0.39 is 10.0 Å². The molecular weight excluding hydrogens is 410 g/mol. The van der Waals surface area contributed by atoms with Gasteiger partial charge in [-0.15, -0.1) is 0 Å². The molecule has 0 bridgehead atoms. The third kappa shape index (κ3) is 3.42. The van der Waals surface area contributed by atoms with Crippen molar-refractivity contribution in [2.75, 3.05) is 4.72 Å². The lowest BCUT2D eigenvalue weighted by Crippen LogP contribution is -2.13. The molecule has 2 N–H and O–H groups in total. The van der Waals surface area contributed by atoms with Crippen LogP contribution >= 0.6 is 31.9 Å². The van der Waals surface area contributed by atoms with E-state index in [2.05, 4.69) is 46.8 Å². The monoisotopic (exact) mass is 421 g/mol. The van der Waals surface area contributed by atoms with Gasteiger partial charge in [0.15, 0.2) is 5.82 Å². The molecule has 0 saturated carbocycles. The van der Waals surface area contributed by atoms with Crippen LogP contribution in [0.5, 0.6) is 0 Å². The molecule has 0 aliphatic heterocycles. The SMILES string of the molecule is CC(C)c1cc(NS(=O)(=O)c2ccc(Br)cc2Br)n[nH]1. The van der Waals surface area contributed by atoms with Crippen LogP contribution in [0.2, 0.25) is 0 Å². The standard InChI is InChI=1S/C12H13Br2N3O2S/c1-7(2)10-6-12(16-15-10)17-20(18,19)11-4-3-8(13)5-9(11)14/h3-7H,1-2H3,(H2,15,16,17). The summed E-state index contributed by atoms with van der Waals surface area (Å²) in [5.74, 6) is 0.531. The fourth-order valence-electron chi connectivity index (χ4n) is 1.57. The molecule has 108 valence electrons. The number of anilines is 1. The second kappa shape index (κ2) is 5.87. The van der Waals surface area contributed by atoms with E-state index >= 15 is 0 Å². The van der Waals surface area contributed by atoms with E-state index in [4.69, 9.17) is 0 Å². The van der Waals surface area contributed by atoms with Crippen molar-refractivity contribution < 1.29 is 8.42 Å². The van der Waals surface area contributed by atoms with Gasteiger partial charge in [-0.2, -0.15) is 5.10 Å². The molecule has 0 spiro atoms. The predicted molar refractivity (Wildman–Crippen MR) is 85.3 cm³/mol. The summed E-state index contributed by atoms with van der Waals surface area (Å²) in [7, 11) is -3.67. The van der Waals surface area contributed by atoms with Crippen molar-refractivity contribution in [2.45, 2.75) is 24.7 Å². The molecule has 5 nitrogen and oxygen atoms in total. The zero-order chi connectivity index (χ0) is 14.9. The summed E-state index contributed by atoms with van der Waals surface area (Å²) in [5.41, 5.74) is 0.873. The molecule has 0 aliphatic rings. The summed E-state index contributed by atoms with van der Waals surface area (Å²) in [6.07, 6.45) is 0. The van der Waals surface area contributed by atoms with E-state index in [0.29, 0.717) is 4.47 Å². The van der Waals surface area contributed by atoms with Gasteiger partial charge in [0, 0.05) is 20.7 Å². The minimum absolute atomic E-state index is 0.162. The molecular formula is C12H13Br2N3O2S. The highest BCUT2D eigenvalue weighted by Crippen LogP contribution is 2.27. The molecule has 1 aromatic carbocycles. The fourth-order valence-corrected chi connectivity index (χ4v) is 4.31. The molecule has 8 heteroatoms. The van der Waals surface area contributed by atoms with Gasteiger partial charge < -0.3 is 0 Å². The smallest absolute Gasteiger partial charge is 0.264 e. The van der Waals surface area contributed by atoms with Gasteiger partial charge in [0.2, 0.25) is 0 Å². The summed E-state index contributed by atoms with van der Waals surface area (Å²) in [5, 5.41) is 6.76. The predicted octanol–water partition coefficient (Wildman–Crippen LogP) is 3.86. The van der Waals surface area contributed by atoms with Gasteiger partial charge in [0.1, 0.15) is 4.90 Å². The van der Waals surface area contributed by atoms with Crippen molar-refractivity contribution in [3.8, 4) is 0 Å². The minimum atomic E-state index is -3.67. The summed E-state index contributed by atoms with van der Waals surface area (Å²) in [6, 6.07) is 6.56. The van der Waals surface area contributed by atoms with Crippen molar-refractivity contribution in [3.05, 3.63) is 38.9 Å². The number of hydrogen-bond donors (Lipinski definition) is 2. The number of H-pyrrole nitrogens is 1. The highest BCUT2D eigenvalue weighted by Gasteiger charge is 2.19. The number of aromatic amines is 1. The van der Waals surface area contributed by atoms with Crippen molar-refractivity contribution >= 4 is 47.7 Å². The van der Waals surface area contributed by atoms with E-state index in [1.807, 2.05) is 13.8 Å². The summed E-state index contributed by atoms with van der Waals surface area (Å²) >= 11 is 6.53. The summed E-state index contributed by atoms with van der Waals surface area (Å²) in [6.45, 7) is 3.99. The average Bonchev–Trinajstić information content (AvgIpc) is 2.76. The number of nitrogens with zero attached hydrogens (tertiary/aromatic N) is 1. The van der Waals surface area contributed by atoms with Gasteiger partial charge in [0.05, 0.1) is 0 Å².